The normalized spacial score (nSPS) is 9.68. The van der Waals surface area contributed by atoms with Crippen molar-refractivity contribution in [3.63, 3.8) is 0 Å². The Morgan fingerprint density at radius 2 is 1.84 bits per heavy atom. The van der Waals surface area contributed by atoms with Gasteiger partial charge in [-0.2, -0.15) is 0 Å². The maximum atomic E-state index is 11.8. The molecule has 0 atom stereocenters. The molecule has 0 aliphatic carbocycles. The molecule has 0 radical (unpaired) electrons. The van der Waals surface area contributed by atoms with Gasteiger partial charge < -0.3 is 10.6 Å². The SMILES string of the molecule is O=C(Nc1ccccn1)C(=S)NCc1ccccc1. The highest BCUT2D eigenvalue weighted by molar-refractivity contribution is 7.82. The molecule has 1 aromatic heterocycles. The van der Waals surface area contributed by atoms with Gasteiger partial charge in [-0.15, -0.1) is 0 Å². The standard InChI is InChI=1S/C14H13N3OS/c18-13(17-12-8-4-5-9-15-12)14(19)16-10-11-6-2-1-3-7-11/h1-9H,10H2,(H,16,19)(H,15,17,18). The molecule has 96 valence electrons. The second-order valence-electron chi connectivity index (χ2n) is 3.84. The van der Waals surface area contributed by atoms with Crippen molar-refractivity contribution in [1.82, 2.24) is 10.3 Å². The number of amides is 1. The van der Waals surface area contributed by atoms with Crippen molar-refractivity contribution >= 4 is 28.9 Å². The smallest absolute Gasteiger partial charge is 0.284 e. The van der Waals surface area contributed by atoms with Crippen LogP contribution in [0.5, 0.6) is 0 Å². The molecule has 1 heterocycles. The van der Waals surface area contributed by atoms with E-state index >= 15 is 0 Å². The van der Waals surface area contributed by atoms with Crippen LogP contribution in [-0.4, -0.2) is 15.9 Å². The number of hydrogen-bond acceptors (Lipinski definition) is 3. The summed E-state index contributed by atoms with van der Waals surface area (Å²) in [7, 11) is 0. The first-order valence-electron chi connectivity index (χ1n) is 5.80. The lowest BCUT2D eigenvalue weighted by Crippen LogP contribution is -2.33. The van der Waals surface area contributed by atoms with Crippen molar-refractivity contribution < 1.29 is 4.79 Å². The van der Waals surface area contributed by atoms with Crippen LogP contribution < -0.4 is 10.6 Å². The van der Waals surface area contributed by atoms with Crippen molar-refractivity contribution in [3.05, 3.63) is 60.3 Å². The van der Waals surface area contributed by atoms with E-state index in [1.807, 2.05) is 30.3 Å². The Balaban J connectivity index is 1.85. The lowest BCUT2D eigenvalue weighted by molar-refractivity contribution is -0.110. The minimum atomic E-state index is -0.357. The molecule has 0 fully saturated rings. The zero-order valence-corrected chi connectivity index (χ0v) is 11.0. The van der Waals surface area contributed by atoms with Crippen molar-refractivity contribution in [1.29, 1.82) is 0 Å². The van der Waals surface area contributed by atoms with Crippen LogP contribution in [0.2, 0.25) is 0 Å². The minimum absolute atomic E-state index is 0.148. The average Bonchev–Trinajstić information content (AvgIpc) is 2.47. The van der Waals surface area contributed by atoms with Crippen molar-refractivity contribution in [2.75, 3.05) is 5.32 Å². The average molecular weight is 271 g/mol. The topological polar surface area (TPSA) is 54.0 Å². The summed E-state index contributed by atoms with van der Waals surface area (Å²) in [5, 5.41) is 5.53. The van der Waals surface area contributed by atoms with Crippen LogP contribution >= 0.6 is 12.2 Å². The molecule has 4 nitrogen and oxygen atoms in total. The Kier molecular flexibility index (Phi) is 4.58. The molecule has 0 spiro atoms. The van der Waals surface area contributed by atoms with Crippen LogP contribution in [0.15, 0.2) is 54.7 Å². The Hall–Kier alpha value is -2.27. The lowest BCUT2D eigenvalue weighted by Gasteiger charge is -2.08. The van der Waals surface area contributed by atoms with E-state index < -0.39 is 0 Å². The molecule has 0 aliphatic rings. The number of nitrogens with one attached hydrogen (secondary N) is 2. The van der Waals surface area contributed by atoms with Crippen molar-refractivity contribution in [2.24, 2.45) is 0 Å². The van der Waals surface area contributed by atoms with Gasteiger partial charge in [0.25, 0.3) is 5.91 Å². The van der Waals surface area contributed by atoms with E-state index in [0.29, 0.717) is 12.4 Å². The Morgan fingerprint density at radius 1 is 1.11 bits per heavy atom. The number of carbonyl (C=O) groups is 1. The molecule has 19 heavy (non-hydrogen) atoms. The summed E-state index contributed by atoms with van der Waals surface area (Å²) < 4.78 is 0. The molecule has 2 rings (SSSR count). The third-order valence-electron chi connectivity index (χ3n) is 2.41. The first kappa shape index (κ1) is 13.2. The fourth-order valence-electron chi connectivity index (χ4n) is 1.47. The molecule has 5 heteroatoms. The Bertz CT molecular complexity index is 557. The van der Waals surface area contributed by atoms with Crippen molar-refractivity contribution in [3.8, 4) is 0 Å². The zero-order valence-electron chi connectivity index (χ0n) is 10.2. The number of hydrogen-bond donors (Lipinski definition) is 2. The van der Waals surface area contributed by atoms with E-state index in [-0.39, 0.29) is 10.9 Å². The highest BCUT2D eigenvalue weighted by Crippen LogP contribution is 2.00. The van der Waals surface area contributed by atoms with Gasteiger partial charge in [0.2, 0.25) is 0 Å². The van der Waals surface area contributed by atoms with E-state index in [4.69, 9.17) is 12.2 Å². The van der Waals surface area contributed by atoms with Gasteiger partial charge in [-0.05, 0) is 17.7 Å². The number of pyridine rings is 1. The van der Waals surface area contributed by atoms with E-state index in [1.54, 1.807) is 24.4 Å². The molecular weight excluding hydrogens is 258 g/mol. The molecule has 0 bridgehead atoms. The van der Waals surface area contributed by atoms with E-state index in [9.17, 15) is 4.79 Å². The van der Waals surface area contributed by atoms with Gasteiger partial charge in [0, 0.05) is 12.7 Å². The second kappa shape index (κ2) is 6.61. The third-order valence-corrected chi connectivity index (χ3v) is 2.74. The molecule has 0 saturated carbocycles. The number of nitrogens with zero attached hydrogens (tertiary/aromatic N) is 1. The minimum Gasteiger partial charge on any atom is -0.368 e. The fraction of sp³-hybridized carbons (Fsp3) is 0.0714. The van der Waals surface area contributed by atoms with Gasteiger partial charge >= 0.3 is 0 Å². The molecule has 1 aromatic carbocycles. The maximum absolute atomic E-state index is 11.8. The third kappa shape index (κ3) is 4.15. The number of thiocarbonyl (C=S) groups is 1. The highest BCUT2D eigenvalue weighted by atomic mass is 32.1. The summed E-state index contributed by atoms with van der Waals surface area (Å²) in [5.41, 5.74) is 1.07. The van der Waals surface area contributed by atoms with Gasteiger partial charge in [0.05, 0.1) is 0 Å². The molecule has 0 aliphatic heterocycles. The largest absolute Gasteiger partial charge is 0.368 e. The molecule has 1 amide bonds. The van der Waals surface area contributed by atoms with Crippen molar-refractivity contribution in [2.45, 2.75) is 6.54 Å². The van der Waals surface area contributed by atoms with Gasteiger partial charge in [-0.1, -0.05) is 48.6 Å². The molecule has 2 N–H and O–H groups in total. The zero-order chi connectivity index (χ0) is 13.5. The van der Waals surface area contributed by atoms with Crippen LogP contribution in [0.3, 0.4) is 0 Å². The summed E-state index contributed by atoms with van der Waals surface area (Å²) in [6.07, 6.45) is 1.61. The second-order valence-corrected chi connectivity index (χ2v) is 4.25. The van der Waals surface area contributed by atoms with Gasteiger partial charge in [0.15, 0.2) is 4.99 Å². The first-order chi connectivity index (χ1) is 9.25. The van der Waals surface area contributed by atoms with Crippen LogP contribution in [-0.2, 0) is 11.3 Å². The molecule has 0 saturated heterocycles. The molecular formula is C14H13N3OS. The van der Waals surface area contributed by atoms with Crippen LogP contribution in [0.1, 0.15) is 5.56 Å². The van der Waals surface area contributed by atoms with E-state index in [2.05, 4.69) is 15.6 Å². The molecule has 2 aromatic rings. The number of benzene rings is 1. The summed E-state index contributed by atoms with van der Waals surface area (Å²) in [6, 6.07) is 15.0. The quantitative estimate of drug-likeness (QED) is 0.840. The van der Waals surface area contributed by atoms with Gasteiger partial charge in [-0.3, -0.25) is 4.79 Å². The summed E-state index contributed by atoms with van der Waals surface area (Å²) in [4.78, 5) is 15.9. The van der Waals surface area contributed by atoms with E-state index in [0.717, 1.165) is 5.56 Å². The summed E-state index contributed by atoms with van der Waals surface area (Å²) >= 11 is 5.02. The Morgan fingerprint density at radius 3 is 2.53 bits per heavy atom. The summed E-state index contributed by atoms with van der Waals surface area (Å²) in [5.74, 6) is 0.126. The monoisotopic (exact) mass is 271 g/mol. The van der Waals surface area contributed by atoms with Crippen LogP contribution in [0.4, 0.5) is 5.82 Å². The predicted molar refractivity (Wildman–Crippen MR) is 78.7 cm³/mol. The number of carbonyl (C=O) groups excluding carboxylic acids is 1. The maximum Gasteiger partial charge on any atom is 0.284 e. The van der Waals surface area contributed by atoms with Crippen LogP contribution in [0, 0.1) is 0 Å². The van der Waals surface area contributed by atoms with Crippen LogP contribution in [0.25, 0.3) is 0 Å². The number of aromatic nitrogens is 1. The Labute approximate surface area is 116 Å². The first-order valence-corrected chi connectivity index (χ1v) is 6.20. The fourth-order valence-corrected chi connectivity index (χ4v) is 1.59. The van der Waals surface area contributed by atoms with Gasteiger partial charge in [-0.25, -0.2) is 4.98 Å². The number of rotatable bonds is 3. The number of anilines is 1. The van der Waals surface area contributed by atoms with Gasteiger partial charge in [0.1, 0.15) is 5.82 Å². The predicted octanol–water partition coefficient (Wildman–Crippen LogP) is 2.14. The lowest BCUT2D eigenvalue weighted by atomic mass is 10.2. The van der Waals surface area contributed by atoms with E-state index in [1.165, 1.54) is 0 Å². The highest BCUT2D eigenvalue weighted by Gasteiger charge is 2.09. The molecule has 0 unspecified atom stereocenters. The summed E-state index contributed by atoms with van der Waals surface area (Å²) in [6.45, 7) is 0.523.